The summed E-state index contributed by atoms with van der Waals surface area (Å²) in [6.07, 6.45) is -0.765. The van der Waals surface area contributed by atoms with Crippen molar-refractivity contribution >= 4 is 29.5 Å². The maximum absolute atomic E-state index is 12.3. The Balaban J connectivity index is 2.03. The summed E-state index contributed by atoms with van der Waals surface area (Å²) in [5, 5.41) is 25.4. The highest BCUT2D eigenvalue weighted by Gasteiger charge is 2.46. The molecule has 2 aromatic heterocycles. The lowest BCUT2D eigenvalue weighted by atomic mass is 10.1. The van der Waals surface area contributed by atoms with Crippen LogP contribution in [0.3, 0.4) is 0 Å². The average Bonchev–Trinajstić information content (AvgIpc) is 3.27. The van der Waals surface area contributed by atoms with Crippen molar-refractivity contribution < 1.29 is 19.7 Å². The first-order chi connectivity index (χ1) is 14.3. The molecule has 0 aromatic carbocycles. The highest BCUT2D eigenvalue weighted by molar-refractivity contribution is 5.74. The van der Waals surface area contributed by atoms with Gasteiger partial charge in [-0.2, -0.15) is 9.99 Å². The third-order valence-electron chi connectivity index (χ3n) is 4.36. The number of hydrogen-bond donors (Lipinski definition) is 4. The number of nitrogens with one attached hydrogen (secondary N) is 2. The lowest BCUT2D eigenvalue weighted by Gasteiger charge is -2.23. The summed E-state index contributed by atoms with van der Waals surface area (Å²) in [6.45, 7) is -0.537. The summed E-state index contributed by atoms with van der Waals surface area (Å²) in [5.41, 5.74) is -0.477. The normalized spacial score (nSPS) is 23.8. The van der Waals surface area contributed by atoms with Crippen LogP contribution in [-0.4, -0.2) is 98.0 Å². The number of urea groups is 1. The molecule has 3 rings (SSSR count). The number of H-pyrrole nitrogens is 1. The molecule has 15 heteroatoms. The fourth-order valence-electron chi connectivity index (χ4n) is 2.90. The lowest BCUT2D eigenvalue weighted by molar-refractivity contribution is -0.0440. The van der Waals surface area contributed by atoms with Gasteiger partial charge >= 0.3 is 6.03 Å². The Morgan fingerprint density at radius 3 is 2.83 bits per heavy atom. The van der Waals surface area contributed by atoms with Gasteiger partial charge in [-0.3, -0.25) is 14.3 Å². The fourth-order valence-corrected chi connectivity index (χ4v) is 2.90. The summed E-state index contributed by atoms with van der Waals surface area (Å²) in [7, 11) is 4.61. The van der Waals surface area contributed by atoms with Crippen molar-refractivity contribution in [2.24, 2.45) is 10.3 Å². The van der Waals surface area contributed by atoms with Gasteiger partial charge in [-0.15, -0.1) is 4.91 Å². The fraction of sp³-hybridized carbons (Fsp3) is 0.533. The Hall–Kier alpha value is -3.43. The van der Waals surface area contributed by atoms with Crippen LogP contribution in [0.1, 0.15) is 6.23 Å². The van der Waals surface area contributed by atoms with Crippen molar-refractivity contribution in [2.45, 2.75) is 24.5 Å². The number of aliphatic hydroxyl groups is 2. The number of aliphatic imine (C=N–C) groups is 1. The summed E-state index contributed by atoms with van der Waals surface area (Å²) < 4.78 is 6.99. The van der Waals surface area contributed by atoms with Crippen LogP contribution >= 0.6 is 0 Å². The number of aromatic amines is 1. The molecule has 1 aliphatic heterocycles. The summed E-state index contributed by atoms with van der Waals surface area (Å²) in [5.74, 6) is 0.00526. The summed E-state index contributed by atoms with van der Waals surface area (Å²) >= 11 is 0. The van der Waals surface area contributed by atoms with Crippen molar-refractivity contribution in [3.05, 3.63) is 21.6 Å². The third-order valence-corrected chi connectivity index (χ3v) is 4.36. The number of amides is 2. The first-order valence-electron chi connectivity index (χ1n) is 8.76. The van der Waals surface area contributed by atoms with Gasteiger partial charge in [-0.05, 0) is 0 Å². The first kappa shape index (κ1) is 21.3. The topological polar surface area (TPSA) is 191 Å². The average molecular weight is 423 g/mol. The minimum atomic E-state index is -1.32. The van der Waals surface area contributed by atoms with Crippen LogP contribution in [0.4, 0.5) is 10.7 Å². The molecule has 0 bridgehead atoms. The highest BCUT2D eigenvalue weighted by atomic mass is 16.5. The molecule has 1 fully saturated rings. The molecule has 15 nitrogen and oxygen atoms in total. The zero-order valence-electron chi connectivity index (χ0n) is 16.3. The van der Waals surface area contributed by atoms with Gasteiger partial charge in [0.2, 0.25) is 5.95 Å². The number of imidazole rings is 1. The number of nitrogens with zero attached hydrogens (tertiary/aromatic N) is 7. The Labute approximate surface area is 168 Å². The quantitative estimate of drug-likeness (QED) is 0.181. The minimum absolute atomic E-state index is 0.00526. The zero-order chi connectivity index (χ0) is 22.0. The Morgan fingerprint density at radius 1 is 1.47 bits per heavy atom. The predicted octanol–water partition coefficient (Wildman–Crippen LogP) is -1.72. The SMILES string of the molecule is CN(C)C=Nc1nc2c(ncn2C2OC(CO)C(O)C2NC(=O)N(C)N=O)c(=O)[nH]1. The number of aliphatic hydroxyl groups excluding tert-OH is 2. The number of aromatic nitrogens is 4. The number of rotatable bonds is 6. The molecular weight excluding hydrogens is 402 g/mol. The lowest BCUT2D eigenvalue weighted by Crippen LogP contribution is -2.49. The van der Waals surface area contributed by atoms with Crippen LogP contribution in [0.5, 0.6) is 0 Å². The molecule has 1 aliphatic rings. The molecule has 2 amide bonds. The molecule has 4 N–H and O–H groups in total. The Kier molecular flexibility index (Phi) is 6.04. The standard InChI is InChI=1S/C15H21N9O6/c1-22(2)5-17-14-19-11-9(12(27)20-14)16-6-24(11)13-8(10(26)7(4-25)30-13)18-15(28)23(3)21-29/h5-8,10,13,25-26H,4H2,1-3H3,(H,18,28)(H,19,20,27). The van der Waals surface area contributed by atoms with E-state index in [1.54, 1.807) is 19.0 Å². The molecule has 0 spiro atoms. The van der Waals surface area contributed by atoms with Gasteiger partial charge in [0.05, 0.1) is 24.6 Å². The van der Waals surface area contributed by atoms with Crippen LogP contribution < -0.4 is 10.9 Å². The number of hydrogen-bond acceptors (Lipinski definition) is 10. The van der Waals surface area contributed by atoms with E-state index in [1.165, 1.54) is 17.2 Å². The number of carbonyl (C=O) groups is 1. The van der Waals surface area contributed by atoms with Gasteiger partial charge in [0, 0.05) is 21.1 Å². The second kappa shape index (κ2) is 8.52. The second-order valence-corrected chi connectivity index (χ2v) is 6.74. The molecule has 3 heterocycles. The maximum Gasteiger partial charge on any atom is 0.340 e. The van der Waals surface area contributed by atoms with Crippen LogP contribution in [0, 0.1) is 4.91 Å². The van der Waals surface area contributed by atoms with E-state index in [0.29, 0.717) is 5.01 Å². The molecule has 2 aromatic rings. The largest absolute Gasteiger partial charge is 0.394 e. The molecule has 30 heavy (non-hydrogen) atoms. The number of nitroso groups, excluding NO2 is 1. The summed E-state index contributed by atoms with van der Waals surface area (Å²) in [6, 6.07) is -2.00. The van der Waals surface area contributed by atoms with E-state index in [0.717, 1.165) is 7.05 Å². The maximum atomic E-state index is 12.3. The van der Waals surface area contributed by atoms with Crippen molar-refractivity contribution in [3.63, 3.8) is 0 Å². The van der Waals surface area contributed by atoms with Crippen LogP contribution in [-0.2, 0) is 4.74 Å². The van der Waals surface area contributed by atoms with Gasteiger partial charge in [-0.25, -0.2) is 14.8 Å². The third kappa shape index (κ3) is 3.98. The molecular formula is C15H21N9O6. The van der Waals surface area contributed by atoms with Crippen molar-refractivity contribution in [1.82, 2.24) is 34.7 Å². The van der Waals surface area contributed by atoms with Crippen LogP contribution in [0.2, 0.25) is 0 Å². The van der Waals surface area contributed by atoms with Crippen molar-refractivity contribution in [3.8, 4) is 0 Å². The smallest absolute Gasteiger partial charge is 0.340 e. The number of fused-ring (bicyclic) bond motifs is 1. The molecule has 4 atom stereocenters. The van der Waals surface area contributed by atoms with E-state index in [2.05, 4.69) is 30.5 Å². The van der Waals surface area contributed by atoms with E-state index >= 15 is 0 Å². The second-order valence-electron chi connectivity index (χ2n) is 6.74. The van der Waals surface area contributed by atoms with Crippen LogP contribution in [0.15, 0.2) is 21.4 Å². The Morgan fingerprint density at radius 2 is 2.20 bits per heavy atom. The number of carbonyl (C=O) groups excluding carboxylic acids is 1. The van der Waals surface area contributed by atoms with E-state index in [4.69, 9.17) is 4.74 Å². The van der Waals surface area contributed by atoms with Gasteiger partial charge < -0.3 is 25.2 Å². The molecule has 0 saturated carbocycles. The van der Waals surface area contributed by atoms with Gasteiger partial charge in [0.1, 0.15) is 18.2 Å². The molecule has 1 saturated heterocycles. The van der Waals surface area contributed by atoms with E-state index < -0.39 is 42.7 Å². The van der Waals surface area contributed by atoms with Crippen molar-refractivity contribution in [2.75, 3.05) is 27.7 Å². The van der Waals surface area contributed by atoms with E-state index in [9.17, 15) is 24.7 Å². The van der Waals surface area contributed by atoms with Gasteiger partial charge in [0.25, 0.3) is 5.56 Å². The number of ether oxygens (including phenoxy) is 1. The predicted molar refractivity (Wildman–Crippen MR) is 103 cm³/mol. The van der Waals surface area contributed by atoms with Crippen molar-refractivity contribution in [1.29, 1.82) is 0 Å². The van der Waals surface area contributed by atoms with Gasteiger partial charge in [-0.1, -0.05) is 0 Å². The molecule has 162 valence electrons. The van der Waals surface area contributed by atoms with Gasteiger partial charge in [0.15, 0.2) is 17.4 Å². The highest BCUT2D eigenvalue weighted by Crippen LogP contribution is 2.31. The summed E-state index contributed by atoms with van der Waals surface area (Å²) in [4.78, 5) is 51.5. The molecule has 0 aliphatic carbocycles. The molecule has 0 radical (unpaired) electrons. The monoisotopic (exact) mass is 423 g/mol. The van der Waals surface area contributed by atoms with E-state index in [1.807, 2.05) is 0 Å². The van der Waals surface area contributed by atoms with Crippen LogP contribution in [0.25, 0.3) is 11.2 Å². The van der Waals surface area contributed by atoms with E-state index in [-0.39, 0.29) is 17.1 Å². The first-order valence-corrected chi connectivity index (χ1v) is 8.76. The molecule has 4 unspecified atom stereocenters. The minimum Gasteiger partial charge on any atom is -0.394 e. The zero-order valence-corrected chi connectivity index (χ0v) is 16.3. The Bertz CT molecular complexity index is 1020.